The Morgan fingerprint density at radius 2 is 2.35 bits per heavy atom. The Balaban J connectivity index is 1.92. The summed E-state index contributed by atoms with van der Waals surface area (Å²) >= 11 is 0. The van der Waals surface area contributed by atoms with E-state index in [1.165, 1.54) is 19.2 Å². The highest BCUT2D eigenvalue weighted by molar-refractivity contribution is 5.97. The number of H-pyrrole nitrogens is 1. The molecule has 1 saturated heterocycles. The van der Waals surface area contributed by atoms with Crippen molar-refractivity contribution < 1.29 is 18.7 Å². The summed E-state index contributed by atoms with van der Waals surface area (Å²) in [4.78, 5) is 20.1. The van der Waals surface area contributed by atoms with Crippen molar-refractivity contribution in [3.63, 3.8) is 0 Å². The zero-order chi connectivity index (χ0) is 16.4. The van der Waals surface area contributed by atoms with Gasteiger partial charge in [-0.1, -0.05) is 0 Å². The number of hydrogen-bond acceptors (Lipinski definition) is 4. The van der Waals surface area contributed by atoms with Crippen LogP contribution in [0.4, 0.5) is 4.39 Å². The van der Waals surface area contributed by atoms with E-state index in [1.807, 2.05) is 6.92 Å². The van der Waals surface area contributed by atoms with Gasteiger partial charge in [-0.3, -0.25) is 4.79 Å². The van der Waals surface area contributed by atoms with Crippen LogP contribution >= 0.6 is 0 Å². The average molecular weight is 319 g/mol. The summed E-state index contributed by atoms with van der Waals surface area (Å²) in [5, 5.41) is 2.94. The zero-order valence-corrected chi connectivity index (χ0v) is 13.0. The lowest BCUT2D eigenvalue weighted by molar-refractivity contribution is 0.0866. The molecule has 1 aliphatic heterocycles. The van der Waals surface area contributed by atoms with E-state index in [1.54, 1.807) is 6.20 Å². The highest BCUT2D eigenvalue weighted by Crippen LogP contribution is 2.30. The summed E-state index contributed by atoms with van der Waals surface area (Å²) < 4.78 is 24.1. The fourth-order valence-corrected chi connectivity index (χ4v) is 2.71. The zero-order valence-electron chi connectivity index (χ0n) is 13.0. The molecule has 1 aromatic carbocycles. The van der Waals surface area contributed by atoms with Gasteiger partial charge >= 0.3 is 0 Å². The molecule has 23 heavy (non-hydrogen) atoms. The van der Waals surface area contributed by atoms with Crippen molar-refractivity contribution >= 4 is 5.91 Å². The van der Waals surface area contributed by atoms with Crippen LogP contribution in [0.5, 0.6) is 5.75 Å². The summed E-state index contributed by atoms with van der Waals surface area (Å²) in [6.45, 7) is 2.71. The summed E-state index contributed by atoms with van der Waals surface area (Å²) in [5.74, 6) is 0.0206. The smallest absolute Gasteiger partial charge is 0.256 e. The van der Waals surface area contributed by atoms with Gasteiger partial charge in [0.25, 0.3) is 5.91 Å². The van der Waals surface area contributed by atoms with Crippen molar-refractivity contribution in [3.8, 4) is 5.75 Å². The molecular formula is C16H18FN3O3. The third kappa shape index (κ3) is 2.92. The first kappa shape index (κ1) is 15.5. The Morgan fingerprint density at radius 1 is 1.52 bits per heavy atom. The summed E-state index contributed by atoms with van der Waals surface area (Å²) in [6.07, 6.45) is 2.29. The number of aromatic amines is 1. The Labute approximate surface area is 133 Å². The van der Waals surface area contributed by atoms with Gasteiger partial charge in [0.15, 0.2) is 0 Å². The third-order valence-corrected chi connectivity index (χ3v) is 3.94. The molecule has 0 saturated carbocycles. The molecule has 7 heteroatoms. The molecule has 2 N–H and O–H groups in total. The molecule has 0 aliphatic carbocycles. The summed E-state index contributed by atoms with van der Waals surface area (Å²) in [5.41, 5.74) is 0.286. The van der Waals surface area contributed by atoms with E-state index in [4.69, 9.17) is 9.47 Å². The Morgan fingerprint density at radius 3 is 2.96 bits per heavy atom. The first-order chi connectivity index (χ1) is 11.0. The molecule has 1 atom stereocenters. The Hall–Kier alpha value is -2.41. The molecule has 0 bridgehead atoms. The van der Waals surface area contributed by atoms with Crippen LogP contribution in [0, 0.1) is 12.7 Å². The van der Waals surface area contributed by atoms with Crippen molar-refractivity contribution in [1.82, 2.24) is 15.3 Å². The second-order valence-electron chi connectivity index (χ2n) is 5.60. The maximum Gasteiger partial charge on any atom is 0.256 e. The van der Waals surface area contributed by atoms with Gasteiger partial charge in [0, 0.05) is 24.9 Å². The van der Waals surface area contributed by atoms with Gasteiger partial charge in [-0.15, -0.1) is 0 Å². The topological polar surface area (TPSA) is 76.2 Å². The summed E-state index contributed by atoms with van der Waals surface area (Å²) in [6, 6.07) is 3.84. The largest absolute Gasteiger partial charge is 0.496 e. The SMILES string of the molecule is COc1ccc(F)cc1C(=O)NC1(c2ncc(C)[nH]2)CCOC1. The minimum Gasteiger partial charge on any atom is -0.496 e. The number of nitrogens with zero attached hydrogens (tertiary/aromatic N) is 1. The number of imidazole rings is 1. The number of halogens is 1. The van der Waals surface area contributed by atoms with E-state index >= 15 is 0 Å². The lowest BCUT2D eigenvalue weighted by Gasteiger charge is -2.27. The van der Waals surface area contributed by atoms with Crippen LogP contribution in [-0.2, 0) is 10.3 Å². The predicted octanol–water partition coefficient (Wildman–Crippen LogP) is 1.91. The van der Waals surface area contributed by atoms with Gasteiger partial charge in [-0.25, -0.2) is 9.37 Å². The van der Waals surface area contributed by atoms with Gasteiger partial charge in [-0.05, 0) is 25.1 Å². The van der Waals surface area contributed by atoms with Crippen molar-refractivity contribution in [1.29, 1.82) is 0 Å². The molecule has 2 heterocycles. The highest BCUT2D eigenvalue weighted by Gasteiger charge is 2.41. The first-order valence-electron chi connectivity index (χ1n) is 7.30. The van der Waals surface area contributed by atoms with Crippen LogP contribution in [-0.4, -0.2) is 36.2 Å². The van der Waals surface area contributed by atoms with Crippen molar-refractivity contribution in [2.24, 2.45) is 0 Å². The molecule has 1 fully saturated rings. The van der Waals surface area contributed by atoms with E-state index in [0.29, 0.717) is 31.2 Å². The van der Waals surface area contributed by atoms with Crippen LogP contribution in [0.2, 0.25) is 0 Å². The van der Waals surface area contributed by atoms with E-state index in [9.17, 15) is 9.18 Å². The molecule has 1 aromatic heterocycles. The lowest BCUT2D eigenvalue weighted by atomic mass is 9.97. The number of amides is 1. The van der Waals surface area contributed by atoms with Gasteiger partial charge in [-0.2, -0.15) is 0 Å². The van der Waals surface area contributed by atoms with E-state index in [2.05, 4.69) is 15.3 Å². The number of carbonyl (C=O) groups excluding carboxylic acids is 1. The number of methoxy groups -OCH3 is 1. The second kappa shape index (κ2) is 6.00. The minimum absolute atomic E-state index is 0.141. The molecule has 0 radical (unpaired) electrons. The lowest BCUT2D eigenvalue weighted by Crippen LogP contribution is -2.47. The summed E-state index contributed by atoms with van der Waals surface area (Å²) in [7, 11) is 1.44. The molecule has 1 amide bonds. The average Bonchev–Trinajstić information content (AvgIpc) is 3.17. The van der Waals surface area contributed by atoms with Crippen LogP contribution in [0.25, 0.3) is 0 Å². The van der Waals surface area contributed by atoms with Crippen LogP contribution < -0.4 is 10.1 Å². The number of aromatic nitrogens is 2. The van der Waals surface area contributed by atoms with E-state index in [0.717, 1.165) is 11.8 Å². The number of hydrogen-bond donors (Lipinski definition) is 2. The normalized spacial score (nSPS) is 20.5. The maximum absolute atomic E-state index is 13.5. The standard InChI is InChI=1S/C16H18FN3O3/c1-10-8-18-15(19-10)16(5-6-23-9-16)20-14(21)12-7-11(17)3-4-13(12)22-2/h3-4,7-8H,5-6,9H2,1-2H3,(H,18,19)(H,20,21). The van der Waals surface area contributed by atoms with Crippen LogP contribution in [0.1, 0.15) is 28.3 Å². The molecule has 1 aliphatic rings. The second-order valence-corrected chi connectivity index (χ2v) is 5.60. The number of nitrogens with one attached hydrogen (secondary N) is 2. The van der Waals surface area contributed by atoms with Crippen molar-refractivity contribution in [3.05, 3.63) is 47.3 Å². The molecule has 3 rings (SSSR count). The molecule has 6 nitrogen and oxygen atoms in total. The Bertz CT molecular complexity index is 723. The van der Waals surface area contributed by atoms with Gasteiger partial charge in [0.2, 0.25) is 0 Å². The number of ether oxygens (including phenoxy) is 2. The number of benzene rings is 1. The Kier molecular flexibility index (Phi) is 4.04. The van der Waals surface area contributed by atoms with E-state index in [-0.39, 0.29) is 5.56 Å². The van der Waals surface area contributed by atoms with Crippen LogP contribution in [0.15, 0.2) is 24.4 Å². The fourth-order valence-electron chi connectivity index (χ4n) is 2.71. The van der Waals surface area contributed by atoms with Crippen LogP contribution in [0.3, 0.4) is 0 Å². The number of carbonyl (C=O) groups is 1. The number of rotatable bonds is 4. The third-order valence-electron chi connectivity index (χ3n) is 3.94. The van der Waals surface area contributed by atoms with Gasteiger partial charge in [0.1, 0.15) is 22.9 Å². The molecule has 1 unspecified atom stereocenters. The fraction of sp³-hybridized carbons (Fsp3) is 0.375. The molecule has 122 valence electrons. The molecule has 2 aromatic rings. The molecular weight excluding hydrogens is 301 g/mol. The van der Waals surface area contributed by atoms with E-state index < -0.39 is 17.3 Å². The molecule has 0 spiro atoms. The van der Waals surface area contributed by atoms with Crippen molar-refractivity contribution in [2.45, 2.75) is 18.9 Å². The van der Waals surface area contributed by atoms with Gasteiger partial charge < -0.3 is 19.8 Å². The first-order valence-corrected chi connectivity index (χ1v) is 7.30. The quantitative estimate of drug-likeness (QED) is 0.902. The van der Waals surface area contributed by atoms with Gasteiger partial charge in [0.05, 0.1) is 19.3 Å². The van der Waals surface area contributed by atoms with Crippen molar-refractivity contribution in [2.75, 3.05) is 20.3 Å². The predicted molar refractivity (Wildman–Crippen MR) is 80.9 cm³/mol. The number of aryl methyl sites for hydroxylation is 1. The highest BCUT2D eigenvalue weighted by atomic mass is 19.1. The monoisotopic (exact) mass is 319 g/mol. The maximum atomic E-state index is 13.5. The minimum atomic E-state index is -0.747.